The number of nitrogens with one attached hydrogen (secondary N) is 1. The van der Waals surface area contributed by atoms with Crippen molar-refractivity contribution in [3.8, 4) is 0 Å². The van der Waals surface area contributed by atoms with Gasteiger partial charge in [-0.15, -0.1) is 0 Å². The summed E-state index contributed by atoms with van der Waals surface area (Å²) in [7, 11) is 0.348. The number of sulfone groups is 1. The van der Waals surface area contributed by atoms with Crippen LogP contribution in [0, 0.1) is 0 Å². The van der Waals surface area contributed by atoms with Gasteiger partial charge in [-0.2, -0.15) is 0 Å². The van der Waals surface area contributed by atoms with E-state index in [0.29, 0.717) is 26.2 Å². The number of hydrogen-bond acceptors (Lipinski definition) is 4. The van der Waals surface area contributed by atoms with Crippen LogP contribution in [0.3, 0.4) is 0 Å². The maximum absolute atomic E-state index is 12.1. The fourth-order valence-electron chi connectivity index (χ4n) is 2.83. The number of guanidine groups is 1. The summed E-state index contributed by atoms with van der Waals surface area (Å²) in [6, 6.07) is 8.17. The quantitative estimate of drug-likeness (QED) is 0.655. The number of nitrogens with zero attached hydrogens (tertiary/aromatic N) is 2. The zero-order valence-electron chi connectivity index (χ0n) is 14.9. The van der Waals surface area contributed by atoms with Gasteiger partial charge in [0.15, 0.2) is 15.8 Å². The van der Waals surface area contributed by atoms with Crippen LogP contribution in [0.25, 0.3) is 0 Å². The van der Waals surface area contributed by atoms with E-state index >= 15 is 0 Å². The summed E-state index contributed by atoms with van der Waals surface area (Å²) in [5, 5.41) is 3.33. The molecule has 1 aromatic rings. The fourth-order valence-corrected chi connectivity index (χ4v) is 4.20. The molecule has 6 nitrogen and oxygen atoms in total. The third-order valence-electron chi connectivity index (χ3n) is 4.31. The van der Waals surface area contributed by atoms with Crippen LogP contribution in [0.1, 0.15) is 25.0 Å². The van der Waals surface area contributed by atoms with Gasteiger partial charge in [-0.25, -0.2) is 8.42 Å². The van der Waals surface area contributed by atoms with Crippen molar-refractivity contribution in [2.45, 2.75) is 31.7 Å². The highest BCUT2D eigenvalue weighted by Crippen LogP contribution is 2.23. The van der Waals surface area contributed by atoms with Crippen LogP contribution < -0.4 is 5.32 Å². The molecule has 1 fully saturated rings. The van der Waals surface area contributed by atoms with Crippen LogP contribution in [-0.4, -0.2) is 57.0 Å². The van der Waals surface area contributed by atoms with Crippen LogP contribution in [0.5, 0.6) is 0 Å². The summed E-state index contributed by atoms with van der Waals surface area (Å²) >= 11 is 0. The van der Waals surface area contributed by atoms with Crippen molar-refractivity contribution in [3.63, 3.8) is 0 Å². The molecular formula is C17H27N3O3S. The molecular weight excluding hydrogens is 326 g/mol. The van der Waals surface area contributed by atoms with E-state index in [9.17, 15) is 8.42 Å². The molecule has 0 atom stereocenters. The number of hydrogen-bond donors (Lipinski definition) is 1. The Bertz CT molecular complexity index is 699. The van der Waals surface area contributed by atoms with Gasteiger partial charge in [-0.1, -0.05) is 24.3 Å². The first-order valence-corrected chi connectivity index (χ1v) is 9.69. The van der Waals surface area contributed by atoms with E-state index in [1.54, 1.807) is 28.0 Å². The second kappa shape index (κ2) is 7.53. The van der Waals surface area contributed by atoms with Crippen molar-refractivity contribution in [3.05, 3.63) is 35.4 Å². The summed E-state index contributed by atoms with van der Waals surface area (Å²) in [6.45, 7) is 5.68. The van der Waals surface area contributed by atoms with Gasteiger partial charge in [0.25, 0.3) is 0 Å². The van der Waals surface area contributed by atoms with Gasteiger partial charge in [0.2, 0.25) is 0 Å². The van der Waals surface area contributed by atoms with Gasteiger partial charge in [0.05, 0.1) is 17.1 Å². The van der Waals surface area contributed by atoms with Gasteiger partial charge in [-0.3, -0.25) is 4.99 Å². The Morgan fingerprint density at radius 3 is 2.71 bits per heavy atom. The van der Waals surface area contributed by atoms with Crippen molar-refractivity contribution in [2.24, 2.45) is 4.99 Å². The normalized spacial score (nSPS) is 20.0. The molecule has 1 saturated heterocycles. The minimum absolute atomic E-state index is 0.157. The predicted molar refractivity (Wildman–Crippen MR) is 96.8 cm³/mol. The van der Waals surface area contributed by atoms with E-state index in [4.69, 9.17) is 4.74 Å². The molecule has 24 heavy (non-hydrogen) atoms. The van der Waals surface area contributed by atoms with Gasteiger partial charge >= 0.3 is 0 Å². The molecule has 1 aliphatic rings. The molecule has 1 aromatic carbocycles. The number of rotatable bonds is 4. The maximum Gasteiger partial charge on any atom is 0.193 e. The van der Waals surface area contributed by atoms with Gasteiger partial charge < -0.3 is 15.0 Å². The van der Waals surface area contributed by atoms with E-state index in [-0.39, 0.29) is 5.75 Å². The molecule has 1 N–H and O–H groups in total. The van der Waals surface area contributed by atoms with E-state index in [2.05, 4.69) is 16.4 Å². The highest BCUT2D eigenvalue weighted by molar-refractivity contribution is 7.92. The fraction of sp³-hybridized carbons (Fsp3) is 0.588. The summed E-state index contributed by atoms with van der Waals surface area (Å²) in [4.78, 5) is 6.32. The first kappa shape index (κ1) is 18.7. The Hall–Kier alpha value is -1.60. The molecule has 134 valence electrons. The predicted octanol–water partition coefficient (Wildman–Crippen LogP) is 1.42. The Morgan fingerprint density at radius 2 is 2.08 bits per heavy atom. The Labute approximate surface area is 144 Å². The molecule has 0 spiro atoms. The SMILES string of the molecule is CN=C(NCc1cccc(COC)c1)N1CCS(=O)(=O)C(C)(C)C1. The third kappa shape index (κ3) is 4.27. The number of methoxy groups -OCH3 is 1. The lowest BCUT2D eigenvalue weighted by Gasteiger charge is -2.39. The monoisotopic (exact) mass is 353 g/mol. The van der Waals surface area contributed by atoms with E-state index in [1.165, 1.54) is 0 Å². The van der Waals surface area contributed by atoms with Gasteiger partial charge in [0.1, 0.15) is 0 Å². The van der Waals surface area contributed by atoms with Gasteiger partial charge in [-0.05, 0) is 25.0 Å². The van der Waals surface area contributed by atoms with Crippen LogP contribution >= 0.6 is 0 Å². The van der Waals surface area contributed by atoms with Crippen molar-refractivity contribution in [1.29, 1.82) is 0 Å². The third-order valence-corrected chi connectivity index (χ3v) is 6.84. The zero-order valence-corrected chi connectivity index (χ0v) is 15.7. The molecule has 0 bridgehead atoms. The summed E-state index contributed by atoms with van der Waals surface area (Å²) in [6.07, 6.45) is 0. The smallest absolute Gasteiger partial charge is 0.193 e. The van der Waals surface area contributed by atoms with E-state index < -0.39 is 14.6 Å². The Kier molecular flexibility index (Phi) is 5.87. The molecule has 1 heterocycles. The van der Waals surface area contributed by atoms with Gasteiger partial charge in [0, 0.05) is 33.8 Å². The van der Waals surface area contributed by atoms with E-state index in [1.807, 2.05) is 23.1 Å². The molecule has 0 aromatic heterocycles. The molecule has 0 radical (unpaired) electrons. The topological polar surface area (TPSA) is 71.0 Å². The minimum atomic E-state index is -3.05. The Balaban J connectivity index is 2.02. The molecule has 0 unspecified atom stereocenters. The van der Waals surface area contributed by atoms with Crippen LogP contribution in [-0.2, 0) is 27.7 Å². The average molecular weight is 353 g/mol. The van der Waals surface area contributed by atoms with Crippen LogP contribution in [0.15, 0.2) is 29.3 Å². The summed E-state index contributed by atoms with van der Waals surface area (Å²) in [5.41, 5.74) is 2.26. The second-order valence-corrected chi connectivity index (χ2v) is 9.40. The lowest BCUT2D eigenvalue weighted by Crippen LogP contribution is -2.57. The van der Waals surface area contributed by atoms with Crippen molar-refractivity contribution in [2.75, 3.05) is 33.0 Å². The summed E-state index contributed by atoms with van der Waals surface area (Å²) < 4.78 is 28.7. The van der Waals surface area contributed by atoms with Crippen LogP contribution in [0.2, 0.25) is 0 Å². The zero-order chi connectivity index (χ0) is 17.8. The molecule has 0 amide bonds. The standard InChI is InChI=1S/C17H27N3O3S/c1-17(2)13-20(8-9-24(17,21)22)16(18-3)19-11-14-6-5-7-15(10-14)12-23-4/h5-7,10H,8-9,11-13H2,1-4H3,(H,18,19). The average Bonchev–Trinajstić information content (AvgIpc) is 2.52. The first-order valence-electron chi connectivity index (χ1n) is 8.04. The highest BCUT2D eigenvalue weighted by Gasteiger charge is 2.40. The van der Waals surface area contributed by atoms with Crippen molar-refractivity contribution >= 4 is 15.8 Å². The first-order chi connectivity index (χ1) is 11.3. The van der Waals surface area contributed by atoms with Crippen molar-refractivity contribution in [1.82, 2.24) is 10.2 Å². The molecule has 0 saturated carbocycles. The summed E-state index contributed by atoms with van der Waals surface area (Å²) in [5.74, 6) is 0.888. The van der Waals surface area contributed by atoms with E-state index in [0.717, 1.165) is 17.1 Å². The molecule has 2 rings (SSSR count). The number of aliphatic imine (C=N–C) groups is 1. The number of benzene rings is 1. The highest BCUT2D eigenvalue weighted by atomic mass is 32.2. The minimum Gasteiger partial charge on any atom is -0.380 e. The largest absolute Gasteiger partial charge is 0.380 e. The lowest BCUT2D eigenvalue weighted by atomic mass is 10.1. The second-order valence-electron chi connectivity index (χ2n) is 6.65. The molecule has 1 aliphatic heterocycles. The maximum atomic E-state index is 12.1. The van der Waals surface area contributed by atoms with Crippen LogP contribution in [0.4, 0.5) is 0 Å². The number of ether oxygens (including phenoxy) is 1. The molecule has 7 heteroatoms. The Morgan fingerprint density at radius 1 is 1.38 bits per heavy atom. The molecule has 0 aliphatic carbocycles. The lowest BCUT2D eigenvalue weighted by molar-refractivity contribution is 0.185. The van der Waals surface area contributed by atoms with Crippen molar-refractivity contribution < 1.29 is 13.2 Å².